The van der Waals surface area contributed by atoms with Gasteiger partial charge in [-0.2, -0.15) is 5.10 Å². The number of H-pyrrole nitrogens is 1. The second-order valence-electron chi connectivity index (χ2n) is 5.75. The van der Waals surface area contributed by atoms with Gasteiger partial charge in [0.05, 0.1) is 17.6 Å². The number of nitrogens with two attached hydrogens (primary N) is 1. The van der Waals surface area contributed by atoms with Gasteiger partial charge in [-0.05, 0) is 19.1 Å². The van der Waals surface area contributed by atoms with Crippen molar-refractivity contribution in [2.75, 3.05) is 16.0 Å². The lowest BCUT2D eigenvalue weighted by Gasteiger charge is -2.20. The molecule has 2 aliphatic heterocycles. The smallest absolute Gasteiger partial charge is 0.253 e. The predicted molar refractivity (Wildman–Crippen MR) is 83.3 cm³/mol. The molecule has 2 amide bonds. The van der Waals surface area contributed by atoms with Crippen LogP contribution < -0.4 is 27.2 Å². The monoisotopic (exact) mass is 313 g/mol. The Balaban J connectivity index is 1.75. The van der Waals surface area contributed by atoms with Crippen LogP contribution in [0, 0.1) is 0 Å². The van der Waals surface area contributed by atoms with E-state index < -0.39 is 17.2 Å². The molecule has 0 saturated carbocycles. The Labute approximate surface area is 131 Å². The second-order valence-corrected chi connectivity index (χ2v) is 5.75. The molecule has 0 saturated heterocycles. The highest BCUT2D eigenvalue weighted by Crippen LogP contribution is 2.45. The van der Waals surface area contributed by atoms with Gasteiger partial charge in [-0.1, -0.05) is 0 Å². The second kappa shape index (κ2) is 4.46. The highest BCUT2D eigenvalue weighted by Gasteiger charge is 2.49. The number of hydrogen-bond donors (Lipinski definition) is 6. The number of amides is 2. The number of aromatic amines is 1. The van der Waals surface area contributed by atoms with E-state index in [1.165, 1.54) is 0 Å². The predicted octanol–water partition coefficient (Wildman–Crippen LogP) is 0.146. The zero-order chi connectivity index (χ0) is 16.2. The summed E-state index contributed by atoms with van der Waals surface area (Å²) < 4.78 is 0. The molecule has 0 aliphatic carbocycles. The minimum Gasteiger partial charge on any atom is -0.360 e. The average molecular weight is 313 g/mol. The summed E-state index contributed by atoms with van der Waals surface area (Å²) in [5, 5.41) is 16.0. The number of benzene rings is 1. The third kappa shape index (κ3) is 1.73. The maximum absolute atomic E-state index is 12.3. The van der Waals surface area contributed by atoms with Gasteiger partial charge in [-0.25, -0.2) is 5.84 Å². The average Bonchev–Trinajstić information content (AvgIpc) is 3.24. The van der Waals surface area contributed by atoms with Crippen LogP contribution in [0.25, 0.3) is 0 Å². The molecule has 4 rings (SSSR count). The number of rotatable bonds is 2. The van der Waals surface area contributed by atoms with E-state index in [1.54, 1.807) is 25.4 Å². The summed E-state index contributed by atoms with van der Waals surface area (Å²) in [6, 6.07) is 3.61. The van der Waals surface area contributed by atoms with E-state index in [2.05, 4.69) is 31.6 Å². The first-order valence-electron chi connectivity index (χ1n) is 7.07. The first kappa shape index (κ1) is 13.6. The molecule has 9 nitrogen and oxygen atoms in total. The highest BCUT2D eigenvalue weighted by molar-refractivity contribution is 6.20. The van der Waals surface area contributed by atoms with Crippen LogP contribution in [0.1, 0.15) is 24.2 Å². The summed E-state index contributed by atoms with van der Waals surface area (Å²) in [5.41, 5.74) is 4.51. The maximum atomic E-state index is 12.3. The number of anilines is 3. The molecular weight excluding hydrogens is 298 g/mol. The van der Waals surface area contributed by atoms with E-state index in [0.717, 1.165) is 16.9 Å². The fraction of sp³-hybridized carbons (Fsp3) is 0.214. The number of hydrogen-bond acceptors (Lipinski definition) is 6. The van der Waals surface area contributed by atoms with Gasteiger partial charge in [0.2, 0.25) is 5.91 Å². The highest BCUT2D eigenvalue weighted by atomic mass is 16.2. The first-order valence-corrected chi connectivity index (χ1v) is 7.07. The third-order valence-electron chi connectivity index (χ3n) is 4.44. The van der Waals surface area contributed by atoms with Gasteiger partial charge < -0.3 is 16.0 Å². The Kier molecular flexibility index (Phi) is 2.64. The molecule has 9 heteroatoms. The van der Waals surface area contributed by atoms with Crippen LogP contribution in [-0.4, -0.2) is 22.0 Å². The quantitative estimate of drug-likeness (QED) is 0.202. The SMILES string of the molecule is CC1(C(=O)NN)C(=O)Nc2cc3c(cc21)NC(c1cn[nH]c1)N3. The van der Waals surface area contributed by atoms with Crippen LogP contribution in [0.3, 0.4) is 0 Å². The van der Waals surface area contributed by atoms with Gasteiger partial charge in [-0.3, -0.25) is 20.1 Å². The number of fused-ring (bicyclic) bond motifs is 2. The van der Waals surface area contributed by atoms with Crippen molar-refractivity contribution < 1.29 is 9.59 Å². The number of carbonyl (C=O) groups is 2. The Morgan fingerprint density at radius 3 is 2.70 bits per heavy atom. The van der Waals surface area contributed by atoms with Crippen molar-refractivity contribution in [3.8, 4) is 0 Å². The van der Waals surface area contributed by atoms with E-state index in [4.69, 9.17) is 5.84 Å². The minimum atomic E-state index is -1.35. The lowest BCUT2D eigenvalue weighted by molar-refractivity contribution is -0.133. The third-order valence-corrected chi connectivity index (χ3v) is 4.44. The fourth-order valence-electron chi connectivity index (χ4n) is 3.03. The van der Waals surface area contributed by atoms with Crippen molar-refractivity contribution >= 4 is 28.9 Å². The number of nitrogens with one attached hydrogen (secondary N) is 5. The lowest BCUT2D eigenvalue weighted by atomic mass is 9.82. The normalized spacial score (nSPS) is 24.3. The van der Waals surface area contributed by atoms with Crippen molar-refractivity contribution in [2.45, 2.75) is 18.5 Å². The van der Waals surface area contributed by atoms with Gasteiger partial charge in [-0.15, -0.1) is 0 Å². The molecule has 7 N–H and O–H groups in total. The molecular formula is C14H15N7O2. The summed E-state index contributed by atoms with van der Waals surface area (Å²) in [5.74, 6) is 4.29. The zero-order valence-corrected chi connectivity index (χ0v) is 12.2. The Morgan fingerprint density at radius 1 is 1.30 bits per heavy atom. The number of aromatic nitrogens is 2. The Bertz CT molecular complexity index is 817. The van der Waals surface area contributed by atoms with Gasteiger partial charge >= 0.3 is 0 Å². The molecule has 118 valence electrons. The van der Waals surface area contributed by atoms with Crippen LogP contribution in [0.15, 0.2) is 24.5 Å². The summed E-state index contributed by atoms with van der Waals surface area (Å²) in [6.07, 6.45) is 3.38. The van der Waals surface area contributed by atoms with Crippen LogP contribution in [0.5, 0.6) is 0 Å². The Hall–Kier alpha value is -3.07. The molecule has 2 unspecified atom stereocenters. The fourth-order valence-corrected chi connectivity index (χ4v) is 3.03. The van der Waals surface area contributed by atoms with Crippen LogP contribution in [-0.2, 0) is 15.0 Å². The molecule has 0 fully saturated rings. The van der Waals surface area contributed by atoms with E-state index in [1.807, 2.05) is 6.07 Å². The molecule has 0 bridgehead atoms. The summed E-state index contributed by atoms with van der Waals surface area (Å²) >= 11 is 0. The molecule has 0 radical (unpaired) electrons. The van der Waals surface area contributed by atoms with Gasteiger partial charge in [0.15, 0.2) is 5.41 Å². The maximum Gasteiger partial charge on any atom is 0.253 e. The molecule has 3 heterocycles. The van der Waals surface area contributed by atoms with Gasteiger partial charge in [0.1, 0.15) is 6.17 Å². The molecule has 1 aromatic carbocycles. The van der Waals surface area contributed by atoms with E-state index in [9.17, 15) is 9.59 Å². The van der Waals surface area contributed by atoms with Crippen molar-refractivity contribution in [2.24, 2.45) is 5.84 Å². The molecule has 23 heavy (non-hydrogen) atoms. The molecule has 2 aromatic rings. The van der Waals surface area contributed by atoms with Crippen molar-refractivity contribution in [3.63, 3.8) is 0 Å². The van der Waals surface area contributed by atoms with Gasteiger partial charge in [0, 0.05) is 23.0 Å². The van der Waals surface area contributed by atoms with Gasteiger partial charge in [0.25, 0.3) is 5.91 Å². The Morgan fingerprint density at radius 2 is 2.04 bits per heavy atom. The van der Waals surface area contributed by atoms with E-state index in [-0.39, 0.29) is 6.17 Å². The summed E-state index contributed by atoms with van der Waals surface area (Å²) in [7, 11) is 0. The van der Waals surface area contributed by atoms with Crippen molar-refractivity contribution in [1.29, 1.82) is 0 Å². The molecule has 2 aliphatic rings. The van der Waals surface area contributed by atoms with Crippen LogP contribution in [0.4, 0.5) is 17.1 Å². The number of carbonyl (C=O) groups excluding carboxylic acids is 2. The number of nitrogens with zero attached hydrogens (tertiary/aromatic N) is 1. The van der Waals surface area contributed by atoms with E-state index >= 15 is 0 Å². The summed E-state index contributed by atoms with van der Waals surface area (Å²) in [6.45, 7) is 1.55. The number of hydrazine groups is 1. The standard InChI is InChI=1S/C14H15N7O2/c1-14(13(23)21-15)7-2-9-10(3-8(7)20-12(14)22)19-11(18-9)6-4-16-17-5-6/h2-5,11,18-19H,15H2,1H3,(H,16,17)(H,20,22)(H,21,23). The molecule has 2 atom stereocenters. The lowest BCUT2D eigenvalue weighted by Crippen LogP contribution is -2.49. The van der Waals surface area contributed by atoms with Crippen molar-refractivity contribution in [1.82, 2.24) is 15.6 Å². The van der Waals surface area contributed by atoms with E-state index in [0.29, 0.717) is 11.3 Å². The topological polar surface area (TPSA) is 137 Å². The van der Waals surface area contributed by atoms with Crippen LogP contribution >= 0.6 is 0 Å². The molecule has 1 aromatic heterocycles. The van der Waals surface area contributed by atoms with Crippen LogP contribution in [0.2, 0.25) is 0 Å². The zero-order valence-electron chi connectivity index (χ0n) is 12.2. The van der Waals surface area contributed by atoms with Crippen molar-refractivity contribution in [3.05, 3.63) is 35.7 Å². The largest absolute Gasteiger partial charge is 0.360 e. The summed E-state index contributed by atoms with van der Waals surface area (Å²) in [4.78, 5) is 24.4. The first-order chi connectivity index (χ1) is 11.0. The molecule has 0 spiro atoms. The minimum absolute atomic E-state index is 0.128.